The van der Waals surface area contributed by atoms with Gasteiger partial charge in [0.1, 0.15) is 0 Å². The summed E-state index contributed by atoms with van der Waals surface area (Å²) in [5.74, 6) is -0.0652. The lowest BCUT2D eigenvalue weighted by atomic mass is 10.1. The van der Waals surface area contributed by atoms with Gasteiger partial charge in [-0.3, -0.25) is 9.59 Å². The highest BCUT2D eigenvalue weighted by molar-refractivity contribution is 5.85. The van der Waals surface area contributed by atoms with Crippen molar-refractivity contribution >= 4 is 11.8 Å². The van der Waals surface area contributed by atoms with Gasteiger partial charge in [-0.15, -0.1) is 0 Å². The summed E-state index contributed by atoms with van der Waals surface area (Å²) in [5.41, 5.74) is 5.20. The van der Waals surface area contributed by atoms with Gasteiger partial charge in [-0.25, -0.2) is 0 Å². The smallest absolute Gasteiger partial charge is 0.227 e. The molecular weight excluding hydrogens is 182 g/mol. The molecule has 0 unspecified atom stereocenters. The van der Waals surface area contributed by atoms with Crippen LogP contribution in [-0.2, 0) is 9.59 Å². The monoisotopic (exact) mass is 199 g/mol. The minimum Gasteiger partial charge on any atom is -0.355 e. The Labute approximate surface area is 83.4 Å². The fraction of sp³-hybridized carbons (Fsp3) is 0.778. The SMILES string of the molecule is CC(=O)NCCNC(=O)C1(CN)CC1. The van der Waals surface area contributed by atoms with Crippen LogP contribution in [0, 0.1) is 5.41 Å². The maximum Gasteiger partial charge on any atom is 0.227 e. The van der Waals surface area contributed by atoms with E-state index in [2.05, 4.69) is 10.6 Å². The van der Waals surface area contributed by atoms with Gasteiger partial charge >= 0.3 is 0 Å². The van der Waals surface area contributed by atoms with Crippen molar-refractivity contribution in [2.24, 2.45) is 11.1 Å². The molecule has 1 rings (SSSR count). The summed E-state index contributed by atoms with van der Waals surface area (Å²) >= 11 is 0. The minimum absolute atomic E-state index is 0.0188. The molecule has 5 nitrogen and oxygen atoms in total. The Morgan fingerprint density at radius 3 is 2.29 bits per heavy atom. The van der Waals surface area contributed by atoms with Crippen molar-refractivity contribution in [1.29, 1.82) is 0 Å². The quantitative estimate of drug-likeness (QED) is 0.495. The Hall–Kier alpha value is -1.10. The molecule has 0 aliphatic heterocycles. The van der Waals surface area contributed by atoms with Gasteiger partial charge in [-0.1, -0.05) is 0 Å². The van der Waals surface area contributed by atoms with Crippen molar-refractivity contribution in [3.05, 3.63) is 0 Å². The summed E-state index contributed by atoms with van der Waals surface area (Å²) in [6.45, 7) is 2.81. The van der Waals surface area contributed by atoms with E-state index in [0.29, 0.717) is 19.6 Å². The van der Waals surface area contributed by atoms with Crippen LogP contribution in [0.4, 0.5) is 0 Å². The second-order valence-corrected chi connectivity index (χ2v) is 3.72. The highest BCUT2D eigenvalue weighted by atomic mass is 16.2. The van der Waals surface area contributed by atoms with Gasteiger partial charge < -0.3 is 16.4 Å². The lowest BCUT2D eigenvalue weighted by Crippen LogP contribution is -2.40. The maximum absolute atomic E-state index is 11.5. The molecule has 1 aliphatic rings. The van der Waals surface area contributed by atoms with Crippen LogP contribution in [0.25, 0.3) is 0 Å². The van der Waals surface area contributed by atoms with Crippen molar-refractivity contribution < 1.29 is 9.59 Å². The van der Waals surface area contributed by atoms with E-state index >= 15 is 0 Å². The van der Waals surface area contributed by atoms with Crippen LogP contribution < -0.4 is 16.4 Å². The lowest BCUT2D eigenvalue weighted by molar-refractivity contribution is -0.126. The molecule has 0 saturated heterocycles. The Kier molecular flexibility index (Phi) is 3.46. The topological polar surface area (TPSA) is 84.2 Å². The van der Waals surface area contributed by atoms with Crippen molar-refractivity contribution in [2.45, 2.75) is 19.8 Å². The third-order valence-electron chi connectivity index (χ3n) is 2.51. The van der Waals surface area contributed by atoms with E-state index in [0.717, 1.165) is 12.8 Å². The number of rotatable bonds is 5. The van der Waals surface area contributed by atoms with Crippen LogP contribution in [0.2, 0.25) is 0 Å². The number of nitrogens with one attached hydrogen (secondary N) is 2. The van der Waals surface area contributed by atoms with Crippen molar-refractivity contribution in [2.75, 3.05) is 19.6 Å². The Morgan fingerprint density at radius 1 is 1.29 bits per heavy atom. The van der Waals surface area contributed by atoms with Gasteiger partial charge in [-0.2, -0.15) is 0 Å². The molecule has 2 amide bonds. The van der Waals surface area contributed by atoms with E-state index in [-0.39, 0.29) is 17.2 Å². The van der Waals surface area contributed by atoms with Gasteiger partial charge in [0.25, 0.3) is 0 Å². The zero-order valence-electron chi connectivity index (χ0n) is 8.43. The van der Waals surface area contributed by atoms with Gasteiger partial charge in [0.15, 0.2) is 0 Å². The average Bonchev–Trinajstić information content (AvgIpc) is 2.92. The molecule has 0 heterocycles. The summed E-state index contributed by atoms with van der Waals surface area (Å²) in [7, 11) is 0. The molecule has 1 saturated carbocycles. The van der Waals surface area contributed by atoms with Crippen molar-refractivity contribution in [3.8, 4) is 0 Å². The molecule has 0 atom stereocenters. The molecule has 4 N–H and O–H groups in total. The molecule has 1 aliphatic carbocycles. The predicted octanol–water partition coefficient (Wildman–Crippen LogP) is -1.02. The van der Waals surface area contributed by atoms with Crippen LogP contribution in [0.15, 0.2) is 0 Å². The first-order valence-corrected chi connectivity index (χ1v) is 4.83. The predicted molar refractivity (Wildman–Crippen MR) is 52.4 cm³/mol. The van der Waals surface area contributed by atoms with Crippen LogP contribution >= 0.6 is 0 Å². The molecule has 1 fully saturated rings. The zero-order chi connectivity index (χ0) is 10.6. The summed E-state index contributed by atoms with van der Waals surface area (Å²) in [4.78, 5) is 22.0. The number of carbonyl (C=O) groups excluding carboxylic acids is 2. The lowest BCUT2D eigenvalue weighted by Gasteiger charge is -2.12. The van der Waals surface area contributed by atoms with E-state index in [1.807, 2.05) is 0 Å². The number of hydrogen-bond acceptors (Lipinski definition) is 3. The summed E-state index contributed by atoms with van der Waals surface area (Å²) in [5, 5.41) is 5.36. The molecule has 14 heavy (non-hydrogen) atoms. The first-order chi connectivity index (χ1) is 6.60. The Bertz CT molecular complexity index is 236. The molecule has 0 spiro atoms. The van der Waals surface area contributed by atoms with Crippen LogP contribution in [0.1, 0.15) is 19.8 Å². The Balaban J connectivity index is 2.13. The molecular formula is C9H17N3O2. The molecule has 5 heteroatoms. The van der Waals surface area contributed by atoms with Gasteiger partial charge in [0, 0.05) is 26.6 Å². The normalized spacial score (nSPS) is 17.3. The minimum atomic E-state index is -0.295. The number of amides is 2. The second-order valence-electron chi connectivity index (χ2n) is 3.72. The van der Waals surface area contributed by atoms with E-state index < -0.39 is 0 Å². The van der Waals surface area contributed by atoms with E-state index in [1.165, 1.54) is 6.92 Å². The summed E-state index contributed by atoms with van der Waals surface area (Å²) < 4.78 is 0. The average molecular weight is 199 g/mol. The Morgan fingerprint density at radius 2 is 1.86 bits per heavy atom. The fourth-order valence-corrected chi connectivity index (χ4v) is 1.28. The third-order valence-corrected chi connectivity index (χ3v) is 2.51. The highest BCUT2D eigenvalue weighted by Gasteiger charge is 2.48. The van der Waals surface area contributed by atoms with Gasteiger partial charge in [0.05, 0.1) is 5.41 Å². The zero-order valence-corrected chi connectivity index (χ0v) is 8.43. The van der Waals surface area contributed by atoms with Crippen molar-refractivity contribution in [1.82, 2.24) is 10.6 Å². The molecule has 80 valence electrons. The summed E-state index contributed by atoms with van der Waals surface area (Å²) in [6, 6.07) is 0. The molecule has 0 radical (unpaired) electrons. The first kappa shape index (κ1) is 11.0. The van der Waals surface area contributed by atoms with Crippen LogP contribution in [-0.4, -0.2) is 31.4 Å². The third kappa shape index (κ3) is 2.70. The standard InChI is InChI=1S/C9H17N3O2/c1-7(13)11-4-5-12-8(14)9(6-10)2-3-9/h2-6,10H2,1H3,(H,11,13)(H,12,14). The van der Waals surface area contributed by atoms with E-state index in [1.54, 1.807) is 0 Å². The van der Waals surface area contributed by atoms with Gasteiger partial charge in [0.2, 0.25) is 11.8 Å². The first-order valence-electron chi connectivity index (χ1n) is 4.83. The molecule has 0 aromatic rings. The molecule has 0 aromatic heterocycles. The second kappa shape index (κ2) is 4.41. The number of nitrogens with two attached hydrogens (primary N) is 1. The van der Waals surface area contributed by atoms with E-state index in [9.17, 15) is 9.59 Å². The number of carbonyl (C=O) groups is 2. The van der Waals surface area contributed by atoms with Gasteiger partial charge in [-0.05, 0) is 12.8 Å². The van der Waals surface area contributed by atoms with E-state index in [4.69, 9.17) is 5.73 Å². The fourth-order valence-electron chi connectivity index (χ4n) is 1.28. The highest BCUT2D eigenvalue weighted by Crippen LogP contribution is 2.44. The maximum atomic E-state index is 11.5. The molecule has 0 bridgehead atoms. The van der Waals surface area contributed by atoms with Crippen molar-refractivity contribution in [3.63, 3.8) is 0 Å². The van der Waals surface area contributed by atoms with Crippen LogP contribution in [0.5, 0.6) is 0 Å². The number of hydrogen-bond donors (Lipinski definition) is 3. The molecule has 0 aromatic carbocycles. The summed E-state index contributed by atoms with van der Waals surface area (Å²) in [6.07, 6.45) is 1.77. The largest absolute Gasteiger partial charge is 0.355 e. The van der Waals surface area contributed by atoms with Crippen LogP contribution in [0.3, 0.4) is 0 Å².